The van der Waals surface area contributed by atoms with Crippen molar-refractivity contribution in [2.45, 2.75) is 56.4 Å². The zero-order valence-electron chi connectivity index (χ0n) is 13.0. The molecule has 118 valence electrons. The Balaban J connectivity index is 1.62. The number of aromatic nitrogens is 3. The van der Waals surface area contributed by atoms with E-state index in [1.807, 2.05) is 12.3 Å². The smallest absolute Gasteiger partial charge is 0.160 e. The van der Waals surface area contributed by atoms with Gasteiger partial charge in [-0.15, -0.1) is 0 Å². The van der Waals surface area contributed by atoms with Gasteiger partial charge in [0.1, 0.15) is 11.3 Å². The average molecular weight is 316 g/mol. The summed E-state index contributed by atoms with van der Waals surface area (Å²) < 4.78 is 2.38. The molecule has 2 aromatic rings. The lowest BCUT2D eigenvalue weighted by Crippen LogP contribution is -2.28. The summed E-state index contributed by atoms with van der Waals surface area (Å²) in [6, 6.07) is 4.67. The molecule has 2 fully saturated rings. The van der Waals surface area contributed by atoms with E-state index >= 15 is 0 Å². The molecule has 4 rings (SSSR count). The second kappa shape index (κ2) is 6.59. The van der Waals surface area contributed by atoms with E-state index in [0.717, 1.165) is 35.9 Å². The minimum atomic E-state index is 0.581. The average Bonchev–Trinajstić information content (AvgIpc) is 3.18. The van der Waals surface area contributed by atoms with Crippen molar-refractivity contribution in [3.8, 4) is 0 Å². The predicted octanol–water partition coefficient (Wildman–Crippen LogP) is 3.01. The molecule has 0 aliphatic carbocycles. The summed E-state index contributed by atoms with van der Waals surface area (Å²) in [5.41, 5.74) is 2.11. The van der Waals surface area contributed by atoms with Gasteiger partial charge in [-0.3, -0.25) is 0 Å². The van der Waals surface area contributed by atoms with E-state index in [-0.39, 0.29) is 0 Å². The summed E-state index contributed by atoms with van der Waals surface area (Å²) in [6.07, 6.45) is 9.63. The maximum Gasteiger partial charge on any atom is 0.160 e. The van der Waals surface area contributed by atoms with Gasteiger partial charge in [0.05, 0.1) is 0 Å². The van der Waals surface area contributed by atoms with Crippen molar-refractivity contribution < 1.29 is 0 Å². The molecular formula is C17H24N4S. The molecule has 0 bridgehead atoms. The largest absolute Gasteiger partial charge is 0.312 e. The van der Waals surface area contributed by atoms with Gasteiger partial charge in [0.15, 0.2) is 5.65 Å². The molecule has 2 atom stereocenters. The minimum Gasteiger partial charge on any atom is -0.312 e. The summed E-state index contributed by atoms with van der Waals surface area (Å²) in [6.45, 7) is 2.17. The third-order valence-electron chi connectivity index (χ3n) is 4.83. The molecule has 0 amide bonds. The molecule has 0 spiro atoms. The minimum absolute atomic E-state index is 0.581. The summed E-state index contributed by atoms with van der Waals surface area (Å²) in [4.78, 5) is 9.51. The Morgan fingerprint density at radius 2 is 2.27 bits per heavy atom. The summed E-state index contributed by atoms with van der Waals surface area (Å²) >= 11 is 2.13. The van der Waals surface area contributed by atoms with Crippen molar-refractivity contribution in [3.05, 3.63) is 24.2 Å². The number of hydrogen-bond donors (Lipinski definition) is 1. The highest BCUT2D eigenvalue weighted by molar-refractivity contribution is 7.99. The Kier molecular flexibility index (Phi) is 4.35. The topological polar surface area (TPSA) is 42.7 Å². The molecule has 22 heavy (non-hydrogen) atoms. The van der Waals surface area contributed by atoms with Crippen molar-refractivity contribution in [3.63, 3.8) is 0 Å². The predicted molar refractivity (Wildman–Crippen MR) is 92.4 cm³/mol. The third-order valence-corrected chi connectivity index (χ3v) is 6.23. The van der Waals surface area contributed by atoms with E-state index in [1.54, 1.807) is 0 Å². The Morgan fingerprint density at radius 1 is 1.27 bits per heavy atom. The number of pyridine rings is 1. The van der Waals surface area contributed by atoms with Gasteiger partial charge < -0.3 is 9.88 Å². The van der Waals surface area contributed by atoms with Crippen LogP contribution in [0.1, 0.15) is 37.9 Å². The van der Waals surface area contributed by atoms with Crippen LogP contribution in [-0.4, -0.2) is 38.1 Å². The fraction of sp³-hybridized carbons (Fsp3) is 0.647. The van der Waals surface area contributed by atoms with Gasteiger partial charge in [0, 0.05) is 30.5 Å². The van der Waals surface area contributed by atoms with Crippen molar-refractivity contribution >= 4 is 22.9 Å². The van der Waals surface area contributed by atoms with Gasteiger partial charge in [-0.1, -0.05) is 6.42 Å². The number of rotatable bonds is 4. The third kappa shape index (κ3) is 3.01. The zero-order valence-corrected chi connectivity index (χ0v) is 13.8. The highest BCUT2D eigenvalue weighted by Gasteiger charge is 2.22. The lowest BCUT2D eigenvalue weighted by atomic mass is 10.1. The van der Waals surface area contributed by atoms with E-state index in [4.69, 9.17) is 4.98 Å². The number of hydrogen-bond acceptors (Lipinski definition) is 4. The summed E-state index contributed by atoms with van der Waals surface area (Å²) in [5, 5.41) is 4.35. The van der Waals surface area contributed by atoms with Crippen LogP contribution in [0.15, 0.2) is 18.3 Å². The van der Waals surface area contributed by atoms with Gasteiger partial charge in [-0.05, 0) is 50.1 Å². The van der Waals surface area contributed by atoms with Crippen molar-refractivity contribution in [1.82, 2.24) is 19.9 Å². The molecule has 4 nitrogen and oxygen atoms in total. The highest BCUT2D eigenvalue weighted by atomic mass is 32.2. The molecule has 2 aromatic heterocycles. The first-order chi connectivity index (χ1) is 10.9. The van der Waals surface area contributed by atoms with Crippen LogP contribution >= 0.6 is 11.8 Å². The molecular weight excluding hydrogens is 292 g/mol. The lowest BCUT2D eigenvalue weighted by Gasteiger charge is -2.22. The van der Waals surface area contributed by atoms with Crippen LogP contribution in [0.3, 0.4) is 0 Å². The van der Waals surface area contributed by atoms with Crippen LogP contribution in [-0.2, 0) is 13.0 Å². The number of thioether (sulfide) groups is 1. The van der Waals surface area contributed by atoms with Crippen LogP contribution < -0.4 is 5.32 Å². The summed E-state index contributed by atoms with van der Waals surface area (Å²) in [7, 11) is 0. The van der Waals surface area contributed by atoms with E-state index < -0.39 is 0 Å². The number of fused-ring (bicyclic) bond motifs is 1. The Morgan fingerprint density at radius 3 is 3.09 bits per heavy atom. The van der Waals surface area contributed by atoms with Gasteiger partial charge >= 0.3 is 0 Å². The zero-order chi connectivity index (χ0) is 14.8. The maximum atomic E-state index is 4.91. The molecule has 2 saturated heterocycles. The number of nitrogens with one attached hydrogen (secondary N) is 1. The van der Waals surface area contributed by atoms with Crippen LogP contribution in [0.4, 0.5) is 0 Å². The highest BCUT2D eigenvalue weighted by Crippen LogP contribution is 2.29. The van der Waals surface area contributed by atoms with E-state index in [1.165, 1.54) is 43.7 Å². The maximum absolute atomic E-state index is 4.91. The van der Waals surface area contributed by atoms with Crippen molar-refractivity contribution in [2.75, 3.05) is 12.3 Å². The summed E-state index contributed by atoms with van der Waals surface area (Å²) in [5.74, 6) is 2.55. The first-order valence-corrected chi connectivity index (χ1v) is 9.60. The van der Waals surface area contributed by atoms with Crippen molar-refractivity contribution in [2.24, 2.45) is 0 Å². The number of nitrogens with zero attached hydrogens (tertiary/aromatic N) is 3. The molecule has 2 aliphatic heterocycles. The molecule has 0 radical (unpaired) electrons. The van der Waals surface area contributed by atoms with Gasteiger partial charge in [0.25, 0.3) is 0 Å². The Labute approximate surface area is 136 Å². The number of imidazole rings is 1. The van der Waals surface area contributed by atoms with E-state index in [9.17, 15) is 0 Å². The normalized spacial score (nSPS) is 25.8. The quantitative estimate of drug-likeness (QED) is 0.941. The second-order valence-electron chi connectivity index (χ2n) is 6.47. The molecule has 4 heterocycles. The standard InChI is InChI=1S/C17H24N4S/c1-2-10-22-14(6-1)11-16-20-15-7-4-9-19-17(15)21(16)12-13-5-3-8-18-13/h4,7,9,13-14,18H,1-3,5-6,8,10-12H2. The van der Waals surface area contributed by atoms with Gasteiger partial charge in [-0.2, -0.15) is 11.8 Å². The first kappa shape index (κ1) is 14.5. The SMILES string of the molecule is c1cnc2c(c1)nc(CC1CCCCS1)n2CC1CCCN1. The Bertz CT molecular complexity index is 627. The van der Waals surface area contributed by atoms with E-state index in [0.29, 0.717) is 6.04 Å². The van der Waals surface area contributed by atoms with Crippen LogP contribution in [0.5, 0.6) is 0 Å². The van der Waals surface area contributed by atoms with Crippen LogP contribution in [0.2, 0.25) is 0 Å². The fourth-order valence-corrected chi connectivity index (χ4v) is 4.96. The van der Waals surface area contributed by atoms with Gasteiger partial charge in [-0.25, -0.2) is 9.97 Å². The monoisotopic (exact) mass is 316 g/mol. The van der Waals surface area contributed by atoms with Gasteiger partial charge in [0.2, 0.25) is 0 Å². The molecule has 2 aliphatic rings. The second-order valence-corrected chi connectivity index (χ2v) is 7.88. The van der Waals surface area contributed by atoms with Crippen molar-refractivity contribution in [1.29, 1.82) is 0 Å². The molecule has 0 saturated carbocycles. The molecule has 2 unspecified atom stereocenters. The van der Waals surface area contributed by atoms with E-state index in [2.05, 4.69) is 32.7 Å². The first-order valence-electron chi connectivity index (χ1n) is 8.55. The molecule has 5 heteroatoms. The van der Waals surface area contributed by atoms with Crippen LogP contribution in [0, 0.1) is 0 Å². The fourth-order valence-electron chi connectivity index (χ4n) is 3.66. The Hall–Kier alpha value is -1.07. The lowest BCUT2D eigenvalue weighted by molar-refractivity contribution is 0.498. The molecule has 1 N–H and O–H groups in total. The van der Waals surface area contributed by atoms with Crippen LogP contribution in [0.25, 0.3) is 11.2 Å². The molecule has 0 aromatic carbocycles.